The van der Waals surface area contributed by atoms with E-state index in [-0.39, 0.29) is 18.9 Å². The van der Waals surface area contributed by atoms with Gasteiger partial charge in [0.15, 0.2) is 18.9 Å². The Morgan fingerprint density at radius 2 is 0.750 bits per heavy atom. The molecule has 12 N–H and O–H groups in total. The van der Waals surface area contributed by atoms with Crippen LogP contribution in [0.5, 0.6) is 0 Å². The average molecular weight is 1100 g/mol. The summed E-state index contributed by atoms with van der Waals surface area (Å²) in [6.45, 7) is 1.70. The summed E-state index contributed by atoms with van der Waals surface area (Å²) in [6, 6.07) is -0.877. The van der Waals surface area contributed by atoms with Crippen LogP contribution in [0.3, 0.4) is 0 Å². The monoisotopic (exact) mass is 1100 g/mol. The highest BCUT2D eigenvalue weighted by Gasteiger charge is 2.53. The highest BCUT2D eigenvalue weighted by molar-refractivity contribution is 5.76. The number of amides is 1. The molecule has 0 aliphatic carbocycles. The van der Waals surface area contributed by atoms with Crippen molar-refractivity contribution in [3.05, 3.63) is 0 Å². The van der Waals surface area contributed by atoms with E-state index in [0.29, 0.717) is 12.8 Å². The minimum absolute atomic E-state index is 0.253. The second-order valence-electron chi connectivity index (χ2n) is 22.2. The van der Waals surface area contributed by atoms with Crippen LogP contribution in [0.25, 0.3) is 0 Å². The quantitative estimate of drug-likeness (QED) is 0.0348. The lowest BCUT2D eigenvalue weighted by Gasteiger charge is -2.48. The highest BCUT2D eigenvalue weighted by Crippen LogP contribution is 2.33. The van der Waals surface area contributed by atoms with Crippen molar-refractivity contribution in [2.75, 3.05) is 26.4 Å². The molecule has 3 heterocycles. The molecule has 76 heavy (non-hydrogen) atoms. The van der Waals surface area contributed by atoms with Crippen LogP contribution in [0.2, 0.25) is 0 Å². The largest absolute Gasteiger partial charge is 0.394 e. The van der Waals surface area contributed by atoms with Gasteiger partial charge in [0.1, 0.15) is 73.2 Å². The predicted molar refractivity (Wildman–Crippen MR) is 287 cm³/mol. The lowest BCUT2D eigenvalue weighted by atomic mass is 9.96. The molecule has 3 rings (SSSR count). The van der Waals surface area contributed by atoms with E-state index in [9.17, 15) is 61.0 Å². The Hall–Kier alpha value is -1.21. The number of aliphatic hydroxyl groups is 11. The Labute approximate surface area is 455 Å². The molecule has 3 aliphatic heterocycles. The van der Waals surface area contributed by atoms with Crippen LogP contribution in [-0.4, -0.2) is 193 Å². The van der Waals surface area contributed by atoms with Gasteiger partial charge in [-0.2, -0.15) is 0 Å². The van der Waals surface area contributed by atoms with Crippen molar-refractivity contribution in [2.45, 2.75) is 330 Å². The minimum Gasteiger partial charge on any atom is -0.394 e. The number of hydrogen-bond donors (Lipinski definition) is 12. The van der Waals surface area contributed by atoms with Gasteiger partial charge in [-0.1, -0.05) is 206 Å². The van der Waals surface area contributed by atoms with Gasteiger partial charge in [0, 0.05) is 6.42 Å². The molecule has 3 aliphatic rings. The van der Waals surface area contributed by atoms with Crippen LogP contribution in [-0.2, 0) is 33.2 Å². The molecule has 19 nitrogen and oxygen atoms in total. The van der Waals surface area contributed by atoms with Crippen molar-refractivity contribution >= 4 is 5.91 Å². The molecule has 0 saturated carbocycles. The molecule has 19 heteroatoms. The third-order valence-electron chi connectivity index (χ3n) is 15.7. The van der Waals surface area contributed by atoms with Gasteiger partial charge < -0.3 is 89.9 Å². The predicted octanol–water partition coefficient (Wildman–Crippen LogP) is 5.21. The molecule has 0 radical (unpaired) electrons. The second kappa shape index (κ2) is 41.7. The van der Waals surface area contributed by atoms with E-state index in [1.165, 1.54) is 141 Å². The van der Waals surface area contributed by atoms with Crippen molar-refractivity contribution in [3.63, 3.8) is 0 Å². The summed E-state index contributed by atoms with van der Waals surface area (Å²) in [5.74, 6) is -0.253. The molecule has 0 spiro atoms. The SMILES string of the molecule is CCCCCCCCCCCCCCCCCCCCCCCCCCCCC(O)C(COC1OC(CO)C(OC2OC(CO)C(OC3OC(CO)C(O)C(O)C3O)C(O)C2O)C(O)C1O)NC(=O)CCCCCCC. The first kappa shape index (κ1) is 69.1. The molecule has 3 fully saturated rings. The number of unbranched alkanes of at least 4 members (excludes halogenated alkanes) is 29. The van der Waals surface area contributed by atoms with Crippen molar-refractivity contribution in [3.8, 4) is 0 Å². The number of carbonyl (C=O) groups excluding carboxylic acids is 1. The summed E-state index contributed by atoms with van der Waals surface area (Å²) < 4.78 is 34.2. The van der Waals surface area contributed by atoms with E-state index < -0.39 is 124 Å². The van der Waals surface area contributed by atoms with Crippen molar-refractivity contribution in [1.29, 1.82) is 0 Å². The number of rotatable bonds is 45. The van der Waals surface area contributed by atoms with E-state index in [1.807, 2.05) is 0 Å². The normalized spacial score (nSPS) is 30.9. The number of hydrogen-bond acceptors (Lipinski definition) is 18. The Kier molecular flexibility index (Phi) is 37.9. The fourth-order valence-electron chi connectivity index (χ4n) is 10.7. The van der Waals surface area contributed by atoms with Gasteiger partial charge in [0.2, 0.25) is 5.91 Å². The minimum atomic E-state index is -1.97. The molecule has 0 aromatic carbocycles. The van der Waals surface area contributed by atoms with Gasteiger partial charge >= 0.3 is 0 Å². The number of nitrogens with one attached hydrogen (secondary N) is 1. The van der Waals surface area contributed by atoms with Gasteiger partial charge in [0.05, 0.1) is 38.6 Å². The molecular weight excluding hydrogens is 987 g/mol. The summed E-state index contributed by atoms with van der Waals surface area (Å²) in [5, 5.41) is 120. The maximum Gasteiger partial charge on any atom is 0.220 e. The second-order valence-corrected chi connectivity index (χ2v) is 22.2. The fourth-order valence-corrected chi connectivity index (χ4v) is 10.7. The van der Waals surface area contributed by atoms with Crippen molar-refractivity contribution in [1.82, 2.24) is 5.32 Å². The van der Waals surface area contributed by atoms with E-state index in [2.05, 4.69) is 19.2 Å². The molecule has 0 bridgehead atoms. The molecule has 3 saturated heterocycles. The lowest BCUT2D eigenvalue weighted by Crippen LogP contribution is -2.66. The molecule has 1 amide bonds. The van der Waals surface area contributed by atoms with Crippen molar-refractivity contribution < 1.29 is 89.4 Å². The Bertz CT molecular complexity index is 1400. The number of carbonyl (C=O) groups is 1. The Morgan fingerprint density at radius 3 is 1.14 bits per heavy atom. The van der Waals surface area contributed by atoms with Crippen molar-refractivity contribution in [2.24, 2.45) is 0 Å². The van der Waals surface area contributed by atoms with Crippen LogP contribution >= 0.6 is 0 Å². The summed E-state index contributed by atoms with van der Waals surface area (Å²) in [7, 11) is 0. The van der Waals surface area contributed by atoms with E-state index >= 15 is 0 Å². The molecule has 17 unspecified atom stereocenters. The lowest BCUT2D eigenvalue weighted by molar-refractivity contribution is -0.379. The number of aliphatic hydroxyl groups excluding tert-OH is 11. The average Bonchev–Trinajstić information content (AvgIpc) is 3.42. The fraction of sp³-hybridized carbons (Fsp3) is 0.982. The van der Waals surface area contributed by atoms with Crippen LogP contribution in [0.15, 0.2) is 0 Å². The van der Waals surface area contributed by atoms with Crippen LogP contribution in [0, 0.1) is 0 Å². The molecule has 17 atom stereocenters. The van der Waals surface area contributed by atoms with Gasteiger partial charge in [0.25, 0.3) is 0 Å². The first-order valence-electron chi connectivity index (χ1n) is 30.3. The Morgan fingerprint density at radius 1 is 0.421 bits per heavy atom. The first-order chi connectivity index (χ1) is 36.8. The molecule has 0 aromatic heterocycles. The molecular formula is C57H109NO18. The molecule has 450 valence electrons. The first-order valence-corrected chi connectivity index (χ1v) is 30.3. The van der Waals surface area contributed by atoms with Crippen LogP contribution in [0.1, 0.15) is 226 Å². The summed E-state index contributed by atoms with van der Waals surface area (Å²) in [4.78, 5) is 13.1. The summed E-state index contributed by atoms with van der Waals surface area (Å²) >= 11 is 0. The maximum absolute atomic E-state index is 13.1. The zero-order chi connectivity index (χ0) is 55.5. The summed E-state index contributed by atoms with van der Waals surface area (Å²) in [5.41, 5.74) is 0. The van der Waals surface area contributed by atoms with Gasteiger partial charge in [-0.3, -0.25) is 4.79 Å². The van der Waals surface area contributed by atoms with Gasteiger partial charge in [-0.05, 0) is 12.8 Å². The summed E-state index contributed by atoms with van der Waals surface area (Å²) in [6.07, 6.45) is 12.8. The standard InChI is InChI=1S/C57H109NO18/c1-3-5-7-9-10-11-12-13-14-15-16-17-18-19-20-21-22-23-24-25-26-27-28-29-31-32-34-41(62)40(58-45(63)35-33-30-8-6-4-2)39-71-55-51(69)48(66)53(43(37-60)73-55)76-57-52(70)49(67)54(44(38-61)74-57)75-56-50(68)47(65)46(64)42(36-59)72-56/h40-44,46-57,59-62,64-70H,3-39H2,1-2H3,(H,58,63). The van der Waals surface area contributed by atoms with Crippen LogP contribution < -0.4 is 5.32 Å². The molecule has 0 aromatic rings. The van der Waals surface area contributed by atoms with E-state index in [1.54, 1.807) is 0 Å². The maximum atomic E-state index is 13.1. The zero-order valence-electron chi connectivity index (χ0n) is 46.8. The topological polar surface area (TPSA) is 307 Å². The van der Waals surface area contributed by atoms with E-state index in [4.69, 9.17) is 28.4 Å². The highest BCUT2D eigenvalue weighted by atomic mass is 16.8. The van der Waals surface area contributed by atoms with E-state index in [0.717, 1.165) is 51.4 Å². The van der Waals surface area contributed by atoms with Gasteiger partial charge in [-0.15, -0.1) is 0 Å². The third-order valence-corrected chi connectivity index (χ3v) is 15.7. The third kappa shape index (κ3) is 25.7. The zero-order valence-corrected chi connectivity index (χ0v) is 46.8. The van der Waals surface area contributed by atoms with Gasteiger partial charge in [-0.25, -0.2) is 0 Å². The Balaban J connectivity index is 1.37. The number of ether oxygens (including phenoxy) is 6. The smallest absolute Gasteiger partial charge is 0.220 e. The van der Waals surface area contributed by atoms with Crippen LogP contribution in [0.4, 0.5) is 0 Å².